The predicted molar refractivity (Wildman–Crippen MR) is 318 cm³/mol. The molecule has 3 amide bonds. The van der Waals surface area contributed by atoms with Gasteiger partial charge in [0.05, 0.1) is 24.9 Å². The first-order valence-electron chi connectivity index (χ1n) is 28.0. The molecule has 2 aliphatic rings. The molecule has 3 N–H and O–H groups in total. The third-order valence-corrected chi connectivity index (χ3v) is 14.2. The number of pyridine rings is 3. The van der Waals surface area contributed by atoms with Crippen molar-refractivity contribution in [3.8, 4) is 22.3 Å². The average Bonchev–Trinajstić information content (AvgIpc) is 4.04. The number of amides is 3. The first-order valence-corrected chi connectivity index (χ1v) is 28.0. The van der Waals surface area contributed by atoms with Crippen molar-refractivity contribution in [2.75, 3.05) is 19.8 Å². The lowest BCUT2D eigenvalue weighted by Gasteiger charge is -2.35. The zero-order chi connectivity index (χ0) is 57.7. The highest BCUT2D eigenvalue weighted by atomic mass is 16.5. The summed E-state index contributed by atoms with van der Waals surface area (Å²) in [6.45, 7) is 18.9. The number of aryl methyl sites for hydroxylation is 4. The van der Waals surface area contributed by atoms with Gasteiger partial charge in [0.15, 0.2) is 0 Å². The number of ether oxygens (including phenoxy) is 2. The van der Waals surface area contributed by atoms with Crippen LogP contribution < -0.4 is 16.2 Å². The third kappa shape index (κ3) is 19.2. The van der Waals surface area contributed by atoms with Crippen molar-refractivity contribution in [1.82, 2.24) is 30.1 Å². The highest BCUT2D eigenvalue weighted by Crippen LogP contribution is 2.32. The van der Waals surface area contributed by atoms with Gasteiger partial charge in [0, 0.05) is 74.4 Å². The zero-order valence-electron chi connectivity index (χ0n) is 47.8. The molecule has 3 aromatic heterocycles. The standard InChI is InChI=1S/C34H37N3O4.C27H35N3O4.C4H8O.CH4/c1-23(2)17-30(37-16-9-8-15-31(37)38)34(40)36-29(19-32(39)41-22-26-13-6-5-7-14-26)27-18-28(21-35-20-27)33-24(3)11-10-12-25(33)4;1-17(2)12-23(30-11-6-5-10-24(30)31)27(34)29-22(14-25(32)33)20-13-21(16-28-15-20)26-18(3)8-7-9-19(26)4;1-2-4-5-3-1;/h5-16,18,20-21,23,29-30H,17,19,22H2,1-4H3,(H,36,40);7-9,13,15-17,22-23H,5-6,10-12,14H2,1-4H3,(H,29,34)(H,32,33);1-4H2;1H4. The second kappa shape index (κ2) is 31.9. The van der Waals surface area contributed by atoms with Crippen molar-refractivity contribution in [3.05, 3.63) is 177 Å². The van der Waals surface area contributed by atoms with E-state index in [0.29, 0.717) is 36.9 Å². The highest BCUT2D eigenvalue weighted by Gasteiger charge is 2.34. The summed E-state index contributed by atoms with van der Waals surface area (Å²) in [4.78, 5) is 87.7. The molecule has 4 atom stereocenters. The Balaban J connectivity index is 0.000000274. The smallest absolute Gasteiger partial charge is 0.308 e. The molecule has 3 aromatic carbocycles. The molecular formula is C66H84N6O9. The van der Waals surface area contributed by atoms with E-state index in [2.05, 4.69) is 20.6 Å². The lowest BCUT2D eigenvalue weighted by molar-refractivity contribution is -0.146. The molecule has 15 heteroatoms. The molecule has 2 fully saturated rings. The number of likely N-dealkylation sites (tertiary alicyclic amines) is 1. The van der Waals surface area contributed by atoms with Crippen molar-refractivity contribution >= 4 is 29.7 Å². The van der Waals surface area contributed by atoms with E-state index in [-0.39, 0.29) is 62.0 Å². The van der Waals surface area contributed by atoms with E-state index in [9.17, 15) is 33.9 Å². The van der Waals surface area contributed by atoms with Crippen LogP contribution in [0, 0.1) is 39.5 Å². The fourth-order valence-electron chi connectivity index (χ4n) is 10.3. The van der Waals surface area contributed by atoms with Gasteiger partial charge in [-0.2, -0.15) is 0 Å². The summed E-state index contributed by atoms with van der Waals surface area (Å²) in [6, 6.07) is 27.5. The van der Waals surface area contributed by atoms with Crippen molar-refractivity contribution in [2.24, 2.45) is 11.8 Å². The first-order chi connectivity index (χ1) is 38.4. The number of hydrogen-bond donors (Lipinski definition) is 3. The first kappa shape index (κ1) is 64.0. The molecule has 0 aliphatic carbocycles. The van der Waals surface area contributed by atoms with Gasteiger partial charge in [0.1, 0.15) is 18.7 Å². The van der Waals surface area contributed by atoms with E-state index in [4.69, 9.17) is 9.47 Å². The Bertz CT molecular complexity index is 3030. The Labute approximate surface area is 478 Å². The number of benzene rings is 3. The minimum atomic E-state index is -1.02. The number of carbonyl (C=O) groups is 5. The number of carboxylic acid groups (broad SMARTS) is 1. The van der Waals surface area contributed by atoms with Gasteiger partial charge in [-0.3, -0.25) is 38.7 Å². The normalized spacial score (nSPS) is 14.4. The van der Waals surface area contributed by atoms with Crippen LogP contribution in [-0.2, 0) is 40.1 Å². The van der Waals surface area contributed by atoms with E-state index >= 15 is 0 Å². The third-order valence-electron chi connectivity index (χ3n) is 14.2. The van der Waals surface area contributed by atoms with Crippen LogP contribution in [0.3, 0.4) is 0 Å². The molecule has 6 aromatic rings. The molecule has 4 unspecified atom stereocenters. The number of esters is 1. The Hall–Kier alpha value is -7.78. The summed E-state index contributed by atoms with van der Waals surface area (Å²) in [7, 11) is 0. The maximum atomic E-state index is 13.8. The second-order valence-corrected chi connectivity index (χ2v) is 21.7. The summed E-state index contributed by atoms with van der Waals surface area (Å²) >= 11 is 0. The molecule has 0 radical (unpaired) electrons. The summed E-state index contributed by atoms with van der Waals surface area (Å²) in [6.07, 6.45) is 13.8. The summed E-state index contributed by atoms with van der Waals surface area (Å²) in [5.74, 6) is -1.77. The van der Waals surface area contributed by atoms with Gasteiger partial charge in [-0.15, -0.1) is 0 Å². The Morgan fingerprint density at radius 1 is 0.630 bits per heavy atom. The van der Waals surface area contributed by atoms with Gasteiger partial charge in [-0.05, 0) is 146 Å². The molecule has 2 saturated heterocycles. The number of carboxylic acids is 1. The molecule has 5 heterocycles. The molecule has 2 aliphatic heterocycles. The zero-order valence-corrected chi connectivity index (χ0v) is 47.8. The van der Waals surface area contributed by atoms with E-state index in [1.54, 1.807) is 48.0 Å². The largest absolute Gasteiger partial charge is 0.481 e. The number of aliphatic carboxylic acids is 1. The van der Waals surface area contributed by atoms with Gasteiger partial charge in [0.2, 0.25) is 17.7 Å². The number of piperidine rings is 1. The van der Waals surface area contributed by atoms with E-state index in [1.807, 2.05) is 134 Å². The summed E-state index contributed by atoms with van der Waals surface area (Å²) in [5, 5.41) is 15.6. The van der Waals surface area contributed by atoms with Crippen LogP contribution in [0.5, 0.6) is 0 Å². The fourth-order valence-corrected chi connectivity index (χ4v) is 10.3. The van der Waals surface area contributed by atoms with E-state index < -0.39 is 36.1 Å². The molecule has 432 valence electrons. The SMILES string of the molecule is C.C1CCOC1.Cc1cccc(C)c1-c1cncc(C(CC(=O)O)NC(=O)C(CC(C)C)N2CCCCC2=O)c1.Cc1cccc(C)c1-c1cncc(C(CC(=O)OCc2ccccc2)NC(=O)C(CC(C)C)n2ccccc2=O)c1. The van der Waals surface area contributed by atoms with Gasteiger partial charge in [-0.25, -0.2) is 0 Å². The van der Waals surface area contributed by atoms with Gasteiger partial charge in [0.25, 0.3) is 5.56 Å². The fraction of sp³-hybridized carbons (Fsp3) is 0.424. The lowest BCUT2D eigenvalue weighted by atomic mass is 9.94. The predicted octanol–water partition coefficient (Wildman–Crippen LogP) is 12.0. The number of nitrogens with zero attached hydrogens (tertiary/aromatic N) is 4. The van der Waals surface area contributed by atoms with Crippen LogP contribution >= 0.6 is 0 Å². The second-order valence-electron chi connectivity index (χ2n) is 21.7. The van der Waals surface area contributed by atoms with Crippen molar-refractivity contribution in [2.45, 2.75) is 151 Å². The quantitative estimate of drug-likeness (QED) is 0.0615. The minimum absolute atomic E-state index is 0. The van der Waals surface area contributed by atoms with Crippen LogP contribution in [0.2, 0.25) is 0 Å². The Kier molecular flexibility index (Phi) is 25.2. The Morgan fingerprint density at radius 3 is 1.62 bits per heavy atom. The van der Waals surface area contributed by atoms with Crippen LogP contribution in [0.15, 0.2) is 133 Å². The highest BCUT2D eigenvalue weighted by molar-refractivity contribution is 5.89. The van der Waals surface area contributed by atoms with Crippen molar-refractivity contribution < 1.29 is 38.6 Å². The molecule has 81 heavy (non-hydrogen) atoms. The number of rotatable bonds is 20. The summed E-state index contributed by atoms with van der Waals surface area (Å²) < 4.78 is 12.0. The van der Waals surface area contributed by atoms with Crippen LogP contribution in [0.1, 0.15) is 150 Å². The van der Waals surface area contributed by atoms with Crippen LogP contribution in [0.4, 0.5) is 0 Å². The lowest BCUT2D eigenvalue weighted by Crippen LogP contribution is -2.52. The minimum Gasteiger partial charge on any atom is -0.481 e. The molecule has 0 bridgehead atoms. The molecule has 15 nitrogen and oxygen atoms in total. The molecule has 8 rings (SSSR count). The maximum Gasteiger partial charge on any atom is 0.308 e. The van der Waals surface area contributed by atoms with E-state index in [1.165, 1.54) is 23.5 Å². The summed E-state index contributed by atoms with van der Waals surface area (Å²) in [5.41, 5.74) is 10.2. The van der Waals surface area contributed by atoms with Gasteiger partial charge in [-0.1, -0.05) is 108 Å². The van der Waals surface area contributed by atoms with Crippen molar-refractivity contribution in [3.63, 3.8) is 0 Å². The number of aromatic nitrogens is 3. The van der Waals surface area contributed by atoms with Crippen molar-refractivity contribution in [1.29, 1.82) is 0 Å². The number of hydrogen-bond acceptors (Lipinski definition) is 10. The van der Waals surface area contributed by atoms with Gasteiger partial charge < -0.3 is 34.7 Å². The average molecular weight is 1110 g/mol. The van der Waals surface area contributed by atoms with E-state index in [0.717, 1.165) is 76.1 Å². The number of nitrogens with one attached hydrogen (secondary N) is 2. The maximum absolute atomic E-state index is 13.8. The molecule has 0 spiro atoms. The molecule has 0 saturated carbocycles. The Morgan fingerprint density at radius 2 is 1.14 bits per heavy atom. The monoisotopic (exact) mass is 1100 g/mol. The topological polar surface area (TPSA) is 199 Å². The van der Waals surface area contributed by atoms with Crippen LogP contribution in [0.25, 0.3) is 22.3 Å². The molecular weight excluding hydrogens is 1020 g/mol. The van der Waals surface area contributed by atoms with Gasteiger partial charge >= 0.3 is 11.9 Å². The van der Waals surface area contributed by atoms with Crippen LogP contribution in [-0.4, -0.2) is 80.0 Å². The number of carbonyl (C=O) groups excluding carboxylic acids is 4.